The maximum absolute atomic E-state index is 14.0. The third-order valence-electron chi connectivity index (χ3n) is 3.28. The van der Waals surface area contributed by atoms with Gasteiger partial charge in [0.1, 0.15) is 23.3 Å². The number of aromatic nitrogens is 2. The minimum atomic E-state index is -0.318. The maximum atomic E-state index is 14.0. The van der Waals surface area contributed by atoms with Crippen LogP contribution in [0.2, 0.25) is 0 Å². The Morgan fingerprint density at radius 2 is 1.81 bits per heavy atom. The van der Waals surface area contributed by atoms with Gasteiger partial charge in [-0.25, -0.2) is 20.2 Å². The van der Waals surface area contributed by atoms with Gasteiger partial charge in [-0.3, -0.25) is 0 Å². The van der Waals surface area contributed by atoms with E-state index in [-0.39, 0.29) is 11.7 Å². The lowest BCUT2D eigenvalue weighted by atomic mass is 10.1. The molecule has 0 unspecified atom stereocenters. The summed E-state index contributed by atoms with van der Waals surface area (Å²) in [6.45, 7) is 7.65. The smallest absolute Gasteiger partial charge is 0.148 e. The van der Waals surface area contributed by atoms with Crippen LogP contribution < -0.4 is 16.6 Å². The van der Waals surface area contributed by atoms with Crippen LogP contribution >= 0.6 is 0 Å². The van der Waals surface area contributed by atoms with Crippen LogP contribution in [0, 0.1) is 19.7 Å². The van der Waals surface area contributed by atoms with E-state index < -0.39 is 0 Å². The molecule has 112 valence electrons. The Hall–Kier alpha value is -2.21. The van der Waals surface area contributed by atoms with E-state index >= 15 is 0 Å². The Kier molecular flexibility index (Phi) is 4.37. The monoisotopic (exact) mass is 289 g/mol. The van der Waals surface area contributed by atoms with Crippen LogP contribution in [-0.2, 0) is 0 Å². The molecule has 4 N–H and O–H groups in total. The number of benzene rings is 1. The molecule has 5 nitrogen and oxygen atoms in total. The minimum absolute atomic E-state index is 0.139. The van der Waals surface area contributed by atoms with Crippen molar-refractivity contribution < 1.29 is 4.39 Å². The predicted molar refractivity (Wildman–Crippen MR) is 83.1 cm³/mol. The molecule has 2 rings (SSSR count). The van der Waals surface area contributed by atoms with Crippen molar-refractivity contribution in [2.75, 3.05) is 10.7 Å². The molecule has 0 spiro atoms. The summed E-state index contributed by atoms with van der Waals surface area (Å²) in [4.78, 5) is 8.83. The molecule has 0 aliphatic heterocycles. The predicted octanol–water partition coefficient (Wildman–Crippen LogP) is 3.39. The molecular weight excluding hydrogens is 269 g/mol. The lowest BCUT2D eigenvalue weighted by molar-refractivity contribution is 0.630. The zero-order chi connectivity index (χ0) is 15.6. The highest BCUT2D eigenvalue weighted by Crippen LogP contribution is 2.28. The topological polar surface area (TPSA) is 75.9 Å². The summed E-state index contributed by atoms with van der Waals surface area (Å²) in [7, 11) is 0. The van der Waals surface area contributed by atoms with Gasteiger partial charge in [0.05, 0.1) is 5.69 Å². The van der Waals surface area contributed by atoms with E-state index in [0.717, 1.165) is 11.1 Å². The second-order valence-electron chi connectivity index (χ2n) is 5.26. The number of rotatable bonds is 4. The summed E-state index contributed by atoms with van der Waals surface area (Å²) < 4.78 is 14.0. The van der Waals surface area contributed by atoms with Crippen LogP contribution in [0.5, 0.6) is 0 Å². The molecule has 0 aliphatic carbocycles. The van der Waals surface area contributed by atoms with Gasteiger partial charge in [0, 0.05) is 11.5 Å². The van der Waals surface area contributed by atoms with Gasteiger partial charge in [0.15, 0.2) is 0 Å². The van der Waals surface area contributed by atoms with Gasteiger partial charge in [-0.15, -0.1) is 0 Å². The van der Waals surface area contributed by atoms with E-state index in [1.54, 1.807) is 6.07 Å². The number of anilines is 3. The van der Waals surface area contributed by atoms with Gasteiger partial charge in [0.2, 0.25) is 0 Å². The van der Waals surface area contributed by atoms with Crippen LogP contribution in [0.15, 0.2) is 18.2 Å². The fourth-order valence-corrected chi connectivity index (χ4v) is 1.96. The molecule has 0 radical (unpaired) electrons. The van der Waals surface area contributed by atoms with Gasteiger partial charge in [-0.05, 0) is 25.5 Å². The van der Waals surface area contributed by atoms with Gasteiger partial charge < -0.3 is 10.7 Å². The highest BCUT2D eigenvalue weighted by molar-refractivity contribution is 5.67. The first kappa shape index (κ1) is 15.2. The van der Waals surface area contributed by atoms with Crippen molar-refractivity contribution in [1.82, 2.24) is 9.97 Å². The lowest BCUT2D eigenvalue weighted by Gasteiger charge is -2.16. The average Bonchev–Trinajstić information content (AvgIpc) is 2.44. The first-order chi connectivity index (χ1) is 9.93. The van der Waals surface area contributed by atoms with Crippen LogP contribution in [0.1, 0.15) is 36.7 Å². The highest BCUT2D eigenvalue weighted by Gasteiger charge is 2.14. The maximum Gasteiger partial charge on any atom is 0.148 e. The normalized spacial score (nSPS) is 10.8. The van der Waals surface area contributed by atoms with Crippen LogP contribution in [-0.4, -0.2) is 9.97 Å². The van der Waals surface area contributed by atoms with Crippen molar-refractivity contribution >= 4 is 17.3 Å². The largest absolute Gasteiger partial charge is 0.337 e. The molecule has 0 saturated carbocycles. The quantitative estimate of drug-likeness (QED) is 0.594. The first-order valence-electron chi connectivity index (χ1n) is 6.81. The number of hydrogen-bond donors (Lipinski definition) is 3. The second kappa shape index (κ2) is 6.05. The number of nitrogens with one attached hydrogen (secondary N) is 2. The summed E-state index contributed by atoms with van der Waals surface area (Å²) in [5.74, 6) is 7.05. The summed E-state index contributed by atoms with van der Waals surface area (Å²) in [5.41, 5.74) is 4.52. The third-order valence-corrected chi connectivity index (χ3v) is 3.28. The summed E-state index contributed by atoms with van der Waals surface area (Å²) in [6, 6.07) is 4.93. The number of nitrogens with zero attached hydrogens (tertiary/aromatic N) is 2. The van der Waals surface area contributed by atoms with Crippen LogP contribution in [0.4, 0.5) is 21.7 Å². The molecule has 1 aromatic heterocycles. The SMILES string of the molecule is Cc1cccc(F)c1Nc1nc(C(C)C)nc(NN)c1C. The number of aryl methyl sites for hydroxylation is 1. The Labute approximate surface area is 123 Å². The van der Waals surface area contributed by atoms with E-state index in [2.05, 4.69) is 20.7 Å². The molecule has 6 heteroatoms. The number of nitrogens with two attached hydrogens (primary N) is 1. The van der Waals surface area contributed by atoms with Crippen molar-refractivity contribution in [3.05, 3.63) is 41.0 Å². The standard InChI is InChI=1S/C15H20FN5/c1-8(2)13-19-14(10(4)15(20-13)21-17)18-12-9(3)6-5-7-11(12)16/h5-8H,17H2,1-4H3,(H2,18,19,20,21). The number of hydrazine groups is 1. The lowest BCUT2D eigenvalue weighted by Crippen LogP contribution is -2.15. The van der Waals surface area contributed by atoms with E-state index in [1.165, 1.54) is 6.07 Å². The van der Waals surface area contributed by atoms with E-state index in [9.17, 15) is 4.39 Å². The van der Waals surface area contributed by atoms with Gasteiger partial charge >= 0.3 is 0 Å². The second-order valence-corrected chi connectivity index (χ2v) is 5.26. The van der Waals surface area contributed by atoms with Gasteiger partial charge in [-0.2, -0.15) is 0 Å². The van der Waals surface area contributed by atoms with Gasteiger partial charge in [-0.1, -0.05) is 26.0 Å². The zero-order valence-electron chi connectivity index (χ0n) is 12.7. The number of hydrogen-bond acceptors (Lipinski definition) is 5. The van der Waals surface area contributed by atoms with Crippen LogP contribution in [0.25, 0.3) is 0 Å². The highest BCUT2D eigenvalue weighted by atomic mass is 19.1. The van der Waals surface area contributed by atoms with E-state index in [0.29, 0.717) is 23.1 Å². The number of nitrogen functional groups attached to an aromatic ring is 1. The van der Waals surface area contributed by atoms with Crippen molar-refractivity contribution in [2.24, 2.45) is 5.84 Å². The zero-order valence-corrected chi connectivity index (χ0v) is 12.7. The van der Waals surface area contributed by atoms with Crippen molar-refractivity contribution in [3.63, 3.8) is 0 Å². The molecule has 0 amide bonds. The molecule has 2 aromatic rings. The molecular formula is C15H20FN5. The fourth-order valence-electron chi connectivity index (χ4n) is 1.96. The molecule has 21 heavy (non-hydrogen) atoms. The molecule has 0 atom stereocenters. The minimum Gasteiger partial charge on any atom is -0.337 e. The van der Waals surface area contributed by atoms with E-state index in [4.69, 9.17) is 5.84 Å². The van der Waals surface area contributed by atoms with Crippen molar-refractivity contribution in [3.8, 4) is 0 Å². The van der Waals surface area contributed by atoms with Gasteiger partial charge in [0.25, 0.3) is 0 Å². The van der Waals surface area contributed by atoms with Crippen LogP contribution in [0.3, 0.4) is 0 Å². The summed E-state index contributed by atoms with van der Waals surface area (Å²) in [5, 5.41) is 3.06. The van der Waals surface area contributed by atoms with Crippen molar-refractivity contribution in [1.29, 1.82) is 0 Å². The Balaban J connectivity index is 2.51. The molecule has 0 aliphatic rings. The Morgan fingerprint density at radius 1 is 1.14 bits per heavy atom. The van der Waals surface area contributed by atoms with E-state index in [1.807, 2.05) is 33.8 Å². The van der Waals surface area contributed by atoms with Crippen molar-refractivity contribution in [2.45, 2.75) is 33.6 Å². The molecule has 0 bridgehead atoms. The average molecular weight is 289 g/mol. The summed E-state index contributed by atoms with van der Waals surface area (Å²) in [6.07, 6.45) is 0. The first-order valence-corrected chi connectivity index (χ1v) is 6.81. The molecule has 1 aromatic carbocycles. The number of halogens is 1. The Morgan fingerprint density at radius 3 is 2.38 bits per heavy atom. The fraction of sp³-hybridized carbons (Fsp3) is 0.333. The summed E-state index contributed by atoms with van der Waals surface area (Å²) >= 11 is 0. The molecule has 0 saturated heterocycles. The Bertz CT molecular complexity index is 635. The number of para-hydroxylation sites is 1. The molecule has 1 heterocycles. The molecule has 0 fully saturated rings. The third kappa shape index (κ3) is 3.11.